The molecule has 0 atom stereocenters. The second-order valence-corrected chi connectivity index (χ2v) is 5.14. The first-order chi connectivity index (χ1) is 6.95. The van der Waals surface area contributed by atoms with Gasteiger partial charge in [-0.1, -0.05) is 26.3 Å². The van der Waals surface area contributed by atoms with Crippen molar-refractivity contribution in [3.63, 3.8) is 0 Å². The van der Waals surface area contributed by atoms with Crippen LogP contribution in [0.1, 0.15) is 47.0 Å². The van der Waals surface area contributed by atoms with Crippen LogP contribution in [0.4, 0.5) is 0 Å². The van der Waals surface area contributed by atoms with Crippen LogP contribution in [0.3, 0.4) is 0 Å². The fourth-order valence-electron chi connectivity index (χ4n) is 1.18. The lowest BCUT2D eigenvalue weighted by molar-refractivity contribution is -0.138. The van der Waals surface area contributed by atoms with Gasteiger partial charge in [-0.05, 0) is 37.5 Å². The molecule has 0 spiro atoms. The standard InChI is InChI=1S/C13H22O2/c1-5-13(3,4)10(2)8-12(14)15-9-11-6-7-11/h8,11H,5-7,9H2,1-4H3/b10-8+. The highest BCUT2D eigenvalue weighted by molar-refractivity contribution is 5.82. The molecule has 0 heterocycles. The molecule has 1 aliphatic rings. The Hall–Kier alpha value is -0.790. The fourth-order valence-corrected chi connectivity index (χ4v) is 1.18. The van der Waals surface area contributed by atoms with Crippen LogP contribution < -0.4 is 0 Å². The molecule has 0 aromatic heterocycles. The van der Waals surface area contributed by atoms with E-state index in [2.05, 4.69) is 20.8 Å². The van der Waals surface area contributed by atoms with Crippen molar-refractivity contribution in [2.45, 2.75) is 47.0 Å². The molecule has 1 saturated carbocycles. The zero-order valence-corrected chi connectivity index (χ0v) is 10.3. The average molecular weight is 210 g/mol. The molecular formula is C13H22O2. The van der Waals surface area contributed by atoms with Gasteiger partial charge in [-0.15, -0.1) is 0 Å². The predicted octanol–water partition coefficient (Wildman–Crippen LogP) is 3.32. The molecule has 1 rings (SSSR count). The number of rotatable bonds is 5. The Morgan fingerprint density at radius 1 is 1.47 bits per heavy atom. The van der Waals surface area contributed by atoms with Crippen molar-refractivity contribution >= 4 is 5.97 Å². The van der Waals surface area contributed by atoms with Gasteiger partial charge in [0.25, 0.3) is 0 Å². The lowest BCUT2D eigenvalue weighted by atomic mass is 9.82. The Morgan fingerprint density at radius 2 is 2.07 bits per heavy atom. The van der Waals surface area contributed by atoms with E-state index in [0.29, 0.717) is 12.5 Å². The Labute approximate surface area is 92.7 Å². The fraction of sp³-hybridized carbons (Fsp3) is 0.769. The lowest BCUT2D eigenvalue weighted by Gasteiger charge is -2.23. The Kier molecular flexibility index (Phi) is 3.95. The normalized spacial score (nSPS) is 17.7. The van der Waals surface area contributed by atoms with E-state index in [1.807, 2.05) is 6.92 Å². The van der Waals surface area contributed by atoms with E-state index in [-0.39, 0.29) is 11.4 Å². The minimum absolute atomic E-state index is 0.0958. The van der Waals surface area contributed by atoms with Crippen molar-refractivity contribution in [3.05, 3.63) is 11.6 Å². The molecule has 0 amide bonds. The summed E-state index contributed by atoms with van der Waals surface area (Å²) < 4.78 is 5.16. The Bertz CT molecular complexity index is 260. The van der Waals surface area contributed by atoms with E-state index >= 15 is 0 Å². The summed E-state index contributed by atoms with van der Waals surface area (Å²) in [6, 6.07) is 0. The summed E-state index contributed by atoms with van der Waals surface area (Å²) in [4.78, 5) is 11.4. The van der Waals surface area contributed by atoms with Gasteiger partial charge >= 0.3 is 5.97 Å². The van der Waals surface area contributed by atoms with Gasteiger partial charge in [-0.25, -0.2) is 4.79 Å². The van der Waals surface area contributed by atoms with E-state index in [1.165, 1.54) is 12.8 Å². The first-order valence-corrected chi connectivity index (χ1v) is 5.81. The van der Waals surface area contributed by atoms with Crippen molar-refractivity contribution in [1.29, 1.82) is 0 Å². The Morgan fingerprint density at radius 3 is 2.53 bits per heavy atom. The van der Waals surface area contributed by atoms with Gasteiger partial charge in [0.05, 0.1) is 6.61 Å². The summed E-state index contributed by atoms with van der Waals surface area (Å²) in [5, 5.41) is 0. The SMILES string of the molecule is CCC(C)(C)/C(C)=C/C(=O)OCC1CC1. The highest BCUT2D eigenvalue weighted by Crippen LogP contribution is 2.30. The van der Waals surface area contributed by atoms with Crippen molar-refractivity contribution in [3.8, 4) is 0 Å². The molecule has 0 aromatic rings. The molecule has 0 N–H and O–H groups in total. The maximum atomic E-state index is 11.4. The van der Waals surface area contributed by atoms with E-state index in [9.17, 15) is 4.79 Å². The Balaban J connectivity index is 2.41. The molecule has 0 radical (unpaired) electrons. The number of carbonyl (C=O) groups is 1. The minimum atomic E-state index is -0.180. The van der Waals surface area contributed by atoms with E-state index in [1.54, 1.807) is 6.08 Å². The number of ether oxygens (including phenoxy) is 1. The van der Waals surface area contributed by atoms with Gasteiger partial charge < -0.3 is 4.74 Å². The average Bonchev–Trinajstić information content (AvgIpc) is 2.98. The van der Waals surface area contributed by atoms with Crippen LogP contribution in [0.25, 0.3) is 0 Å². The van der Waals surface area contributed by atoms with Crippen molar-refractivity contribution in [2.75, 3.05) is 6.61 Å². The number of hydrogen-bond acceptors (Lipinski definition) is 2. The zero-order chi connectivity index (χ0) is 11.5. The highest BCUT2D eigenvalue weighted by atomic mass is 16.5. The minimum Gasteiger partial charge on any atom is -0.462 e. The van der Waals surface area contributed by atoms with Gasteiger partial charge in [0.1, 0.15) is 0 Å². The summed E-state index contributed by atoms with van der Waals surface area (Å²) in [5.41, 5.74) is 1.20. The third-order valence-electron chi connectivity index (χ3n) is 3.44. The summed E-state index contributed by atoms with van der Waals surface area (Å²) in [6.07, 6.45) is 5.12. The van der Waals surface area contributed by atoms with E-state index in [0.717, 1.165) is 12.0 Å². The van der Waals surface area contributed by atoms with Gasteiger partial charge in [-0.2, -0.15) is 0 Å². The summed E-state index contributed by atoms with van der Waals surface area (Å²) in [7, 11) is 0. The van der Waals surface area contributed by atoms with E-state index in [4.69, 9.17) is 4.74 Å². The van der Waals surface area contributed by atoms with Crippen molar-refractivity contribution in [1.82, 2.24) is 0 Å². The van der Waals surface area contributed by atoms with Crippen LogP contribution in [0.15, 0.2) is 11.6 Å². The van der Waals surface area contributed by atoms with Gasteiger partial charge in [-0.3, -0.25) is 0 Å². The molecule has 0 bridgehead atoms. The van der Waals surface area contributed by atoms with Gasteiger partial charge in [0, 0.05) is 6.08 Å². The third-order valence-corrected chi connectivity index (χ3v) is 3.44. The number of carbonyl (C=O) groups excluding carboxylic acids is 1. The quantitative estimate of drug-likeness (QED) is 0.514. The first kappa shape index (κ1) is 12.3. The smallest absolute Gasteiger partial charge is 0.330 e. The van der Waals surface area contributed by atoms with Gasteiger partial charge in [0.2, 0.25) is 0 Å². The second kappa shape index (κ2) is 4.82. The predicted molar refractivity (Wildman–Crippen MR) is 61.5 cm³/mol. The maximum Gasteiger partial charge on any atom is 0.330 e. The molecule has 0 saturated heterocycles. The first-order valence-electron chi connectivity index (χ1n) is 5.81. The number of hydrogen-bond donors (Lipinski definition) is 0. The van der Waals surface area contributed by atoms with Crippen LogP contribution >= 0.6 is 0 Å². The molecule has 0 unspecified atom stereocenters. The van der Waals surface area contributed by atoms with E-state index < -0.39 is 0 Å². The lowest BCUT2D eigenvalue weighted by Crippen LogP contribution is -2.14. The van der Waals surface area contributed by atoms with Crippen LogP contribution in [-0.4, -0.2) is 12.6 Å². The van der Waals surface area contributed by atoms with Crippen molar-refractivity contribution < 1.29 is 9.53 Å². The topological polar surface area (TPSA) is 26.3 Å². The van der Waals surface area contributed by atoms with Crippen LogP contribution in [0.2, 0.25) is 0 Å². The molecule has 1 aliphatic carbocycles. The number of esters is 1. The second-order valence-electron chi connectivity index (χ2n) is 5.14. The van der Waals surface area contributed by atoms with Crippen LogP contribution in [-0.2, 0) is 9.53 Å². The summed E-state index contributed by atoms with van der Waals surface area (Å²) >= 11 is 0. The van der Waals surface area contributed by atoms with Crippen LogP contribution in [0.5, 0.6) is 0 Å². The summed E-state index contributed by atoms with van der Waals surface area (Å²) in [6.45, 7) is 9.03. The molecule has 1 fully saturated rings. The van der Waals surface area contributed by atoms with Crippen LogP contribution in [0, 0.1) is 11.3 Å². The molecule has 0 aromatic carbocycles. The molecular weight excluding hydrogens is 188 g/mol. The molecule has 2 heteroatoms. The largest absolute Gasteiger partial charge is 0.462 e. The third kappa shape index (κ3) is 4.06. The number of allylic oxidation sites excluding steroid dienone is 1. The zero-order valence-electron chi connectivity index (χ0n) is 10.3. The van der Waals surface area contributed by atoms with Gasteiger partial charge in [0.15, 0.2) is 0 Å². The summed E-state index contributed by atoms with van der Waals surface area (Å²) in [5.74, 6) is 0.461. The monoisotopic (exact) mass is 210 g/mol. The molecule has 86 valence electrons. The maximum absolute atomic E-state index is 11.4. The molecule has 0 aliphatic heterocycles. The van der Waals surface area contributed by atoms with Crippen molar-refractivity contribution in [2.24, 2.45) is 11.3 Å². The molecule has 2 nitrogen and oxygen atoms in total. The molecule has 15 heavy (non-hydrogen) atoms. The highest BCUT2D eigenvalue weighted by Gasteiger charge is 2.23.